The maximum atomic E-state index is 11.8. The number of aryl methyl sites for hydroxylation is 2. The third kappa shape index (κ3) is 3.83. The van der Waals surface area contributed by atoms with Crippen LogP contribution in [0, 0.1) is 13.8 Å². The molecule has 5 rings (SSSR count). The van der Waals surface area contributed by atoms with E-state index in [-0.39, 0.29) is 6.03 Å². The molecule has 2 N–H and O–H groups in total. The summed E-state index contributed by atoms with van der Waals surface area (Å²) in [5.74, 6) is 0. The number of urea groups is 1. The molecule has 6 nitrogen and oxygen atoms in total. The van der Waals surface area contributed by atoms with E-state index in [1.165, 1.54) is 27.9 Å². The molecule has 3 aromatic rings. The topological polar surface area (TPSA) is 62.2 Å². The molecular weight excluding hydrogens is 386 g/mol. The highest BCUT2D eigenvalue weighted by Crippen LogP contribution is 2.31. The molecule has 1 aromatic heterocycles. The number of hydrogen-bond acceptors (Lipinski definition) is 3. The summed E-state index contributed by atoms with van der Waals surface area (Å²) in [6, 6.07) is 15.1. The molecule has 0 bridgehead atoms. The van der Waals surface area contributed by atoms with Crippen molar-refractivity contribution in [2.24, 2.45) is 0 Å². The van der Waals surface area contributed by atoms with Crippen LogP contribution in [-0.2, 0) is 13.0 Å². The summed E-state index contributed by atoms with van der Waals surface area (Å²) >= 11 is 0. The van der Waals surface area contributed by atoms with Gasteiger partial charge in [-0.3, -0.25) is 4.90 Å². The Balaban J connectivity index is 1.29. The number of nitrogens with zero attached hydrogens (tertiary/aromatic N) is 3. The van der Waals surface area contributed by atoms with Crippen LogP contribution < -0.4 is 15.5 Å². The van der Waals surface area contributed by atoms with E-state index in [0.29, 0.717) is 12.6 Å². The smallest absolute Gasteiger partial charge is 0.321 e. The average Bonchev–Trinajstić information content (AvgIpc) is 3.41. The van der Waals surface area contributed by atoms with Gasteiger partial charge in [0.25, 0.3) is 0 Å². The second-order valence-electron chi connectivity index (χ2n) is 8.60. The predicted octanol–water partition coefficient (Wildman–Crippen LogP) is 4.19. The molecule has 6 heteroatoms. The van der Waals surface area contributed by atoms with E-state index in [1.54, 1.807) is 4.90 Å². The summed E-state index contributed by atoms with van der Waals surface area (Å²) in [7, 11) is 0. The Kier molecular flexibility index (Phi) is 5.24. The van der Waals surface area contributed by atoms with Crippen LogP contribution in [-0.4, -0.2) is 28.9 Å². The molecule has 0 spiro atoms. The Labute approximate surface area is 183 Å². The number of carbonyl (C=O) groups is 1. The van der Waals surface area contributed by atoms with Crippen LogP contribution in [0.2, 0.25) is 0 Å². The highest BCUT2D eigenvalue weighted by atomic mass is 16.2. The van der Waals surface area contributed by atoms with Crippen LogP contribution >= 0.6 is 0 Å². The standard InChI is InChI=1S/C25H29N5O/c1-17-6-9-21(14-18(17)2)30-24-5-3-4-23(22(24)16-28-30)27-15-19-7-10-20(11-8-19)29-13-12-26-25(29)31/h6-11,14,16,23,27H,3-5,12-13,15H2,1-2H3,(H,26,31)/t23-/m0/s1. The van der Waals surface area contributed by atoms with Gasteiger partial charge in [0.15, 0.2) is 0 Å². The number of benzene rings is 2. The minimum atomic E-state index is -0.0126. The van der Waals surface area contributed by atoms with E-state index in [0.717, 1.165) is 43.7 Å². The number of amides is 2. The summed E-state index contributed by atoms with van der Waals surface area (Å²) in [5.41, 5.74) is 8.55. The zero-order valence-corrected chi connectivity index (χ0v) is 18.2. The van der Waals surface area contributed by atoms with Gasteiger partial charge >= 0.3 is 6.03 Å². The number of rotatable bonds is 5. The minimum Gasteiger partial charge on any atom is -0.336 e. The van der Waals surface area contributed by atoms with Crippen molar-refractivity contribution in [2.75, 3.05) is 18.0 Å². The summed E-state index contributed by atoms with van der Waals surface area (Å²) in [5, 5.41) is 11.3. The summed E-state index contributed by atoms with van der Waals surface area (Å²) in [6.45, 7) is 6.53. The van der Waals surface area contributed by atoms with E-state index in [4.69, 9.17) is 5.10 Å². The fraction of sp³-hybridized carbons (Fsp3) is 0.360. The Bertz CT molecular complexity index is 1100. The van der Waals surface area contributed by atoms with Gasteiger partial charge in [-0.05, 0) is 74.1 Å². The number of hydrogen-bond donors (Lipinski definition) is 2. The first-order chi connectivity index (χ1) is 15.1. The SMILES string of the molecule is Cc1ccc(-n2ncc3c2CCC[C@@H]3NCc2ccc(N3CCNC3=O)cc2)cc1C. The highest BCUT2D eigenvalue weighted by molar-refractivity contribution is 5.93. The molecule has 1 saturated heterocycles. The first-order valence-electron chi connectivity index (χ1n) is 11.1. The zero-order valence-electron chi connectivity index (χ0n) is 18.2. The quantitative estimate of drug-likeness (QED) is 0.657. The van der Waals surface area contributed by atoms with E-state index in [1.807, 2.05) is 18.3 Å². The Hall–Kier alpha value is -3.12. The fourth-order valence-corrected chi connectivity index (χ4v) is 4.60. The van der Waals surface area contributed by atoms with Crippen LogP contribution in [0.1, 0.15) is 46.8 Å². The molecule has 0 radical (unpaired) electrons. The maximum absolute atomic E-state index is 11.8. The fourth-order valence-electron chi connectivity index (χ4n) is 4.60. The van der Waals surface area contributed by atoms with Crippen LogP contribution in [0.25, 0.3) is 5.69 Å². The van der Waals surface area contributed by atoms with Gasteiger partial charge in [-0.1, -0.05) is 18.2 Å². The van der Waals surface area contributed by atoms with Crippen LogP contribution in [0.3, 0.4) is 0 Å². The van der Waals surface area contributed by atoms with Crippen LogP contribution in [0.15, 0.2) is 48.7 Å². The van der Waals surface area contributed by atoms with Crippen molar-refractivity contribution in [3.63, 3.8) is 0 Å². The Morgan fingerprint density at radius 1 is 1.10 bits per heavy atom. The van der Waals surface area contributed by atoms with E-state index in [2.05, 4.69) is 59.5 Å². The lowest BCUT2D eigenvalue weighted by molar-refractivity contribution is 0.252. The molecule has 1 atom stereocenters. The van der Waals surface area contributed by atoms with E-state index < -0.39 is 0 Å². The second kappa shape index (κ2) is 8.19. The number of nitrogens with one attached hydrogen (secondary N) is 2. The van der Waals surface area contributed by atoms with Crippen molar-refractivity contribution in [3.8, 4) is 5.69 Å². The third-order valence-electron chi connectivity index (χ3n) is 6.58. The lowest BCUT2D eigenvalue weighted by atomic mass is 9.92. The largest absolute Gasteiger partial charge is 0.336 e. The zero-order chi connectivity index (χ0) is 21.4. The molecule has 2 heterocycles. The number of carbonyl (C=O) groups excluding carboxylic acids is 1. The van der Waals surface area contributed by atoms with Gasteiger partial charge in [-0.2, -0.15) is 5.10 Å². The van der Waals surface area contributed by atoms with Crippen molar-refractivity contribution in [2.45, 2.75) is 45.7 Å². The van der Waals surface area contributed by atoms with Crippen molar-refractivity contribution >= 4 is 11.7 Å². The normalized spacial score (nSPS) is 18.2. The molecular formula is C25H29N5O. The summed E-state index contributed by atoms with van der Waals surface area (Å²) in [4.78, 5) is 13.6. The van der Waals surface area contributed by atoms with E-state index >= 15 is 0 Å². The van der Waals surface area contributed by atoms with Gasteiger partial charge in [0.1, 0.15) is 0 Å². The Morgan fingerprint density at radius 2 is 1.90 bits per heavy atom. The average molecular weight is 416 g/mol. The number of aromatic nitrogens is 2. The van der Waals surface area contributed by atoms with Crippen LogP contribution in [0.5, 0.6) is 0 Å². The molecule has 2 aromatic carbocycles. The van der Waals surface area contributed by atoms with E-state index in [9.17, 15) is 4.79 Å². The lowest BCUT2D eigenvalue weighted by Crippen LogP contribution is -2.27. The molecule has 1 fully saturated rings. The van der Waals surface area contributed by atoms with Gasteiger partial charge in [-0.15, -0.1) is 0 Å². The number of fused-ring (bicyclic) bond motifs is 1. The van der Waals surface area contributed by atoms with Crippen LogP contribution in [0.4, 0.5) is 10.5 Å². The lowest BCUT2D eigenvalue weighted by Gasteiger charge is -2.24. The first-order valence-corrected chi connectivity index (χ1v) is 11.1. The molecule has 2 aliphatic rings. The highest BCUT2D eigenvalue weighted by Gasteiger charge is 2.25. The molecule has 1 aliphatic carbocycles. The third-order valence-corrected chi connectivity index (χ3v) is 6.58. The summed E-state index contributed by atoms with van der Waals surface area (Å²) < 4.78 is 2.12. The Morgan fingerprint density at radius 3 is 2.65 bits per heavy atom. The molecule has 31 heavy (non-hydrogen) atoms. The van der Waals surface area contributed by atoms with Gasteiger partial charge in [-0.25, -0.2) is 9.48 Å². The van der Waals surface area contributed by atoms with Crippen molar-refractivity contribution < 1.29 is 4.79 Å². The number of anilines is 1. The minimum absolute atomic E-state index is 0.0126. The monoisotopic (exact) mass is 415 g/mol. The summed E-state index contributed by atoms with van der Waals surface area (Å²) in [6.07, 6.45) is 5.38. The van der Waals surface area contributed by atoms with Crippen molar-refractivity contribution in [3.05, 3.63) is 76.6 Å². The van der Waals surface area contributed by atoms with Gasteiger partial charge < -0.3 is 10.6 Å². The first kappa shape index (κ1) is 19.8. The maximum Gasteiger partial charge on any atom is 0.321 e. The van der Waals surface area contributed by atoms with Gasteiger partial charge in [0.05, 0.1) is 11.9 Å². The predicted molar refractivity (Wildman–Crippen MR) is 123 cm³/mol. The molecule has 2 amide bonds. The van der Waals surface area contributed by atoms with Crippen molar-refractivity contribution in [1.82, 2.24) is 20.4 Å². The molecule has 0 unspecified atom stereocenters. The molecule has 0 saturated carbocycles. The molecule has 160 valence electrons. The van der Waals surface area contributed by atoms with Gasteiger partial charge in [0.2, 0.25) is 0 Å². The van der Waals surface area contributed by atoms with Crippen molar-refractivity contribution in [1.29, 1.82) is 0 Å². The second-order valence-corrected chi connectivity index (χ2v) is 8.60. The molecule has 1 aliphatic heterocycles. The van der Waals surface area contributed by atoms with Gasteiger partial charge in [0, 0.05) is 42.6 Å².